The van der Waals surface area contributed by atoms with E-state index in [4.69, 9.17) is 4.74 Å². The highest BCUT2D eigenvalue weighted by atomic mass is 35.5. The van der Waals surface area contributed by atoms with Crippen molar-refractivity contribution >= 4 is 18.3 Å². The fraction of sp³-hybridized carbons (Fsp3) is 0.533. The zero-order valence-electron chi connectivity index (χ0n) is 11.5. The third kappa shape index (κ3) is 3.25. The summed E-state index contributed by atoms with van der Waals surface area (Å²) < 4.78 is 5.72. The molecule has 3 rings (SSSR count). The molecule has 1 aromatic carbocycles. The number of carbonyl (C=O) groups is 1. The van der Waals surface area contributed by atoms with Crippen LogP contribution in [-0.4, -0.2) is 43.6 Å². The van der Waals surface area contributed by atoms with Gasteiger partial charge in [0.25, 0.3) is 0 Å². The van der Waals surface area contributed by atoms with Crippen LogP contribution in [0.4, 0.5) is 0 Å². The van der Waals surface area contributed by atoms with Crippen molar-refractivity contribution in [3.05, 3.63) is 29.8 Å². The van der Waals surface area contributed by atoms with Gasteiger partial charge in [-0.3, -0.25) is 4.79 Å². The number of nitrogens with zero attached hydrogens (tertiary/aromatic N) is 1. The standard InChI is InChI=1S/C15H20N2O2.ClH/c18-15(17-8-3-6-16-7-9-17)13-10-12-4-1-2-5-14(12)19-11-13;/h1-2,4-5,13,16H,3,6-11H2;1H. The Labute approximate surface area is 125 Å². The molecule has 2 aliphatic heterocycles. The predicted octanol–water partition coefficient (Wildman–Crippen LogP) is 1.48. The SMILES string of the molecule is Cl.O=C(C1COc2ccccc2C1)N1CCCNCC1. The first kappa shape index (κ1) is 15.1. The van der Waals surface area contributed by atoms with Crippen LogP contribution in [0.15, 0.2) is 24.3 Å². The van der Waals surface area contributed by atoms with E-state index in [-0.39, 0.29) is 24.2 Å². The number of amides is 1. The van der Waals surface area contributed by atoms with E-state index in [2.05, 4.69) is 11.4 Å². The Balaban J connectivity index is 0.00000147. The third-order valence-electron chi connectivity index (χ3n) is 3.88. The van der Waals surface area contributed by atoms with E-state index in [1.807, 2.05) is 23.1 Å². The van der Waals surface area contributed by atoms with Crippen molar-refractivity contribution in [1.82, 2.24) is 10.2 Å². The van der Waals surface area contributed by atoms with Crippen molar-refractivity contribution in [1.29, 1.82) is 0 Å². The highest BCUT2D eigenvalue weighted by molar-refractivity contribution is 5.85. The summed E-state index contributed by atoms with van der Waals surface area (Å²) in [5, 5.41) is 3.33. The van der Waals surface area contributed by atoms with E-state index < -0.39 is 0 Å². The van der Waals surface area contributed by atoms with Gasteiger partial charge in [-0.2, -0.15) is 0 Å². The van der Waals surface area contributed by atoms with Crippen LogP contribution in [0.25, 0.3) is 0 Å². The molecule has 4 nitrogen and oxygen atoms in total. The van der Waals surface area contributed by atoms with Crippen molar-refractivity contribution in [2.75, 3.05) is 32.8 Å². The van der Waals surface area contributed by atoms with E-state index >= 15 is 0 Å². The molecule has 0 radical (unpaired) electrons. The van der Waals surface area contributed by atoms with Gasteiger partial charge in [0.2, 0.25) is 5.91 Å². The maximum Gasteiger partial charge on any atom is 0.229 e. The van der Waals surface area contributed by atoms with Crippen molar-refractivity contribution in [3.8, 4) is 5.75 Å². The second-order valence-corrected chi connectivity index (χ2v) is 5.25. The molecule has 0 aliphatic carbocycles. The lowest BCUT2D eigenvalue weighted by Gasteiger charge is -2.29. The normalized spacial score (nSPS) is 22.0. The summed E-state index contributed by atoms with van der Waals surface area (Å²) >= 11 is 0. The maximum atomic E-state index is 12.5. The second-order valence-electron chi connectivity index (χ2n) is 5.25. The lowest BCUT2D eigenvalue weighted by atomic mass is 9.95. The Kier molecular flexibility index (Phi) is 5.26. The summed E-state index contributed by atoms with van der Waals surface area (Å²) in [6.07, 6.45) is 1.84. The van der Waals surface area contributed by atoms with Crippen LogP contribution in [0.5, 0.6) is 5.75 Å². The minimum Gasteiger partial charge on any atom is -0.492 e. The van der Waals surface area contributed by atoms with Gasteiger partial charge in [0, 0.05) is 19.6 Å². The van der Waals surface area contributed by atoms with Gasteiger partial charge in [-0.05, 0) is 31.0 Å². The van der Waals surface area contributed by atoms with Gasteiger partial charge in [-0.25, -0.2) is 0 Å². The minimum absolute atomic E-state index is 0. The molecule has 2 heterocycles. The number of fused-ring (bicyclic) bond motifs is 1. The molecule has 1 unspecified atom stereocenters. The highest BCUT2D eigenvalue weighted by Gasteiger charge is 2.29. The van der Waals surface area contributed by atoms with Crippen LogP contribution in [0.2, 0.25) is 0 Å². The van der Waals surface area contributed by atoms with Crippen molar-refractivity contribution in [2.24, 2.45) is 5.92 Å². The molecule has 2 aliphatic rings. The fourth-order valence-corrected chi connectivity index (χ4v) is 2.81. The molecule has 0 bridgehead atoms. The smallest absolute Gasteiger partial charge is 0.229 e. The van der Waals surface area contributed by atoms with E-state index in [0.717, 1.165) is 50.3 Å². The number of hydrogen-bond donors (Lipinski definition) is 1. The summed E-state index contributed by atoms with van der Waals surface area (Å²) in [4.78, 5) is 14.5. The van der Waals surface area contributed by atoms with Gasteiger partial charge >= 0.3 is 0 Å². The molecule has 0 aromatic heterocycles. The molecule has 0 saturated carbocycles. The Hall–Kier alpha value is -1.26. The van der Waals surface area contributed by atoms with Crippen LogP contribution < -0.4 is 10.1 Å². The van der Waals surface area contributed by atoms with E-state index in [9.17, 15) is 4.79 Å². The van der Waals surface area contributed by atoms with Gasteiger partial charge < -0.3 is 15.0 Å². The molecule has 1 atom stereocenters. The summed E-state index contributed by atoms with van der Waals surface area (Å²) in [5.74, 6) is 1.16. The zero-order chi connectivity index (χ0) is 13.1. The number of nitrogens with one attached hydrogen (secondary N) is 1. The van der Waals surface area contributed by atoms with Crippen molar-refractivity contribution < 1.29 is 9.53 Å². The number of hydrogen-bond acceptors (Lipinski definition) is 3. The van der Waals surface area contributed by atoms with Crippen molar-refractivity contribution in [2.45, 2.75) is 12.8 Å². The number of benzene rings is 1. The largest absolute Gasteiger partial charge is 0.492 e. The average molecular weight is 297 g/mol. The number of rotatable bonds is 1. The molecule has 1 aromatic rings. The first-order valence-electron chi connectivity index (χ1n) is 7.05. The quantitative estimate of drug-likeness (QED) is 0.853. The molecule has 5 heteroatoms. The van der Waals surface area contributed by atoms with E-state index in [0.29, 0.717) is 6.61 Å². The average Bonchev–Trinajstić information content (AvgIpc) is 2.75. The van der Waals surface area contributed by atoms with Crippen LogP contribution in [0.3, 0.4) is 0 Å². The first-order valence-corrected chi connectivity index (χ1v) is 7.05. The summed E-state index contributed by atoms with van der Waals surface area (Å²) in [6, 6.07) is 8.01. The predicted molar refractivity (Wildman–Crippen MR) is 80.4 cm³/mol. The first-order chi connectivity index (χ1) is 9.34. The molecule has 1 saturated heterocycles. The number of para-hydroxylation sites is 1. The van der Waals surface area contributed by atoms with Crippen LogP contribution in [0.1, 0.15) is 12.0 Å². The number of carbonyl (C=O) groups excluding carboxylic acids is 1. The Bertz CT molecular complexity index is 459. The number of ether oxygens (including phenoxy) is 1. The lowest BCUT2D eigenvalue weighted by Crippen LogP contribution is -2.42. The molecular weight excluding hydrogens is 276 g/mol. The molecular formula is C15H21ClN2O2. The van der Waals surface area contributed by atoms with Gasteiger partial charge in [0.05, 0.1) is 5.92 Å². The molecule has 0 spiro atoms. The maximum absolute atomic E-state index is 12.5. The Morgan fingerprint density at radius 2 is 2.10 bits per heavy atom. The number of halogens is 1. The van der Waals surface area contributed by atoms with Gasteiger partial charge in [-0.15, -0.1) is 12.4 Å². The van der Waals surface area contributed by atoms with Crippen LogP contribution >= 0.6 is 12.4 Å². The molecule has 1 fully saturated rings. The minimum atomic E-state index is -0.0204. The summed E-state index contributed by atoms with van der Waals surface area (Å²) in [7, 11) is 0. The highest BCUT2D eigenvalue weighted by Crippen LogP contribution is 2.27. The molecule has 20 heavy (non-hydrogen) atoms. The van der Waals surface area contributed by atoms with Crippen LogP contribution in [0, 0.1) is 5.92 Å². The molecule has 1 N–H and O–H groups in total. The third-order valence-corrected chi connectivity index (χ3v) is 3.88. The lowest BCUT2D eigenvalue weighted by molar-refractivity contribution is -0.136. The zero-order valence-corrected chi connectivity index (χ0v) is 12.3. The van der Waals surface area contributed by atoms with Gasteiger partial charge in [0.1, 0.15) is 12.4 Å². The second kappa shape index (κ2) is 6.95. The summed E-state index contributed by atoms with van der Waals surface area (Å²) in [5.41, 5.74) is 1.15. The Morgan fingerprint density at radius 3 is 3.00 bits per heavy atom. The topological polar surface area (TPSA) is 41.6 Å². The Morgan fingerprint density at radius 1 is 1.25 bits per heavy atom. The van der Waals surface area contributed by atoms with Gasteiger partial charge in [-0.1, -0.05) is 18.2 Å². The van der Waals surface area contributed by atoms with Crippen molar-refractivity contribution in [3.63, 3.8) is 0 Å². The summed E-state index contributed by atoms with van der Waals surface area (Å²) in [6.45, 7) is 4.10. The van der Waals surface area contributed by atoms with Crippen LogP contribution in [-0.2, 0) is 11.2 Å². The molecule has 1 amide bonds. The van der Waals surface area contributed by atoms with Gasteiger partial charge in [0.15, 0.2) is 0 Å². The monoisotopic (exact) mass is 296 g/mol. The van der Waals surface area contributed by atoms with E-state index in [1.165, 1.54) is 0 Å². The molecule has 110 valence electrons. The van der Waals surface area contributed by atoms with E-state index in [1.54, 1.807) is 0 Å². The fourth-order valence-electron chi connectivity index (χ4n) is 2.81.